The first-order chi connectivity index (χ1) is 18.7. The van der Waals surface area contributed by atoms with Crippen LogP contribution in [0.4, 0.5) is 8.78 Å². The number of amidine groups is 1. The molecule has 0 saturated carbocycles. The van der Waals surface area contributed by atoms with Gasteiger partial charge >= 0.3 is 0 Å². The summed E-state index contributed by atoms with van der Waals surface area (Å²) in [5.74, 6) is 0.426. The number of alkyl halides is 2. The quantitative estimate of drug-likeness (QED) is 0.491. The zero-order valence-electron chi connectivity index (χ0n) is 24.2. The SMILES string of the molecule is CNC=C(C(C)[NH3+])C1(C)CC2=C(CC1C(F)F)N(C1=NN(C3CCNCC3)C3CCN(C(C)=O)CC13)CCC2. The average molecular weight is 549 g/mol. The molecular weight excluding hydrogens is 500 g/mol. The molecule has 218 valence electrons. The largest absolute Gasteiger partial charge is 0.394 e. The number of hydrazone groups is 1. The number of carbonyl (C=O) groups is 1. The number of nitrogens with zero attached hydrogens (tertiary/aromatic N) is 4. The molecule has 5 unspecified atom stereocenters. The normalized spacial score (nSPS) is 33.2. The molecule has 0 bridgehead atoms. The van der Waals surface area contributed by atoms with Gasteiger partial charge in [-0.15, -0.1) is 0 Å². The number of rotatable bonds is 5. The molecule has 1 aliphatic carbocycles. The van der Waals surface area contributed by atoms with Crippen molar-refractivity contribution in [2.24, 2.45) is 22.4 Å². The number of quaternary nitrogens is 1. The number of hydrogen-bond acceptors (Lipinski definition) is 6. The predicted octanol–water partition coefficient (Wildman–Crippen LogP) is 2.37. The van der Waals surface area contributed by atoms with Crippen LogP contribution in [-0.4, -0.2) is 90.9 Å². The van der Waals surface area contributed by atoms with Crippen molar-refractivity contribution in [3.8, 4) is 0 Å². The Morgan fingerprint density at radius 3 is 2.64 bits per heavy atom. The van der Waals surface area contributed by atoms with Gasteiger partial charge in [-0.2, -0.15) is 5.10 Å². The van der Waals surface area contributed by atoms with E-state index in [2.05, 4.69) is 26.3 Å². The van der Waals surface area contributed by atoms with Crippen LogP contribution in [0.5, 0.6) is 0 Å². The average Bonchev–Trinajstić information content (AvgIpc) is 3.29. The van der Waals surface area contributed by atoms with Crippen LogP contribution >= 0.6 is 0 Å². The number of halogens is 2. The lowest BCUT2D eigenvalue weighted by atomic mass is 9.60. The summed E-state index contributed by atoms with van der Waals surface area (Å²) >= 11 is 0. The van der Waals surface area contributed by atoms with Crippen molar-refractivity contribution < 1.29 is 19.3 Å². The summed E-state index contributed by atoms with van der Waals surface area (Å²) in [4.78, 5) is 16.6. The van der Waals surface area contributed by atoms with E-state index in [0.29, 0.717) is 25.4 Å². The van der Waals surface area contributed by atoms with Gasteiger partial charge in [-0.3, -0.25) is 9.80 Å². The van der Waals surface area contributed by atoms with Crippen LogP contribution < -0.4 is 16.4 Å². The Bertz CT molecular complexity index is 1020. The zero-order chi connectivity index (χ0) is 27.9. The molecule has 5 rings (SSSR count). The molecule has 8 nitrogen and oxygen atoms in total. The summed E-state index contributed by atoms with van der Waals surface area (Å²) in [6.45, 7) is 9.86. The number of fused-ring (bicyclic) bond motifs is 1. The zero-order valence-corrected chi connectivity index (χ0v) is 24.2. The minimum Gasteiger partial charge on any atom is -0.394 e. The molecule has 0 aromatic carbocycles. The van der Waals surface area contributed by atoms with Crippen molar-refractivity contribution in [2.75, 3.05) is 39.8 Å². The fourth-order valence-corrected chi connectivity index (χ4v) is 8.08. The number of amides is 1. The summed E-state index contributed by atoms with van der Waals surface area (Å²) in [7, 11) is 1.83. The van der Waals surface area contributed by atoms with E-state index in [-0.39, 0.29) is 23.9 Å². The van der Waals surface area contributed by atoms with Gasteiger partial charge in [-0.1, -0.05) is 6.92 Å². The van der Waals surface area contributed by atoms with Crippen LogP contribution in [-0.2, 0) is 4.79 Å². The molecule has 0 radical (unpaired) electrons. The van der Waals surface area contributed by atoms with E-state index in [1.165, 1.54) is 5.57 Å². The van der Waals surface area contributed by atoms with E-state index in [9.17, 15) is 13.6 Å². The maximum Gasteiger partial charge on any atom is 0.242 e. The molecule has 2 saturated heterocycles. The molecule has 0 spiro atoms. The van der Waals surface area contributed by atoms with E-state index in [0.717, 1.165) is 75.4 Å². The van der Waals surface area contributed by atoms with Crippen LogP contribution in [0.2, 0.25) is 0 Å². The van der Waals surface area contributed by atoms with Crippen LogP contribution in [0.15, 0.2) is 28.1 Å². The second kappa shape index (κ2) is 11.4. The second-order valence-electron chi connectivity index (χ2n) is 12.6. The molecule has 0 aromatic heterocycles. The first kappa shape index (κ1) is 28.3. The minimum absolute atomic E-state index is 0.0659. The third-order valence-electron chi connectivity index (χ3n) is 10.1. The van der Waals surface area contributed by atoms with Crippen molar-refractivity contribution >= 4 is 11.7 Å². The summed E-state index contributed by atoms with van der Waals surface area (Å²) in [6.07, 6.45) is 5.38. The Labute approximate surface area is 232 Å². The van der Waals surface area contributed by atoms with E-state index in [1.54, 1.807) is 6.92 Å². The third-order valence-corrected chi connectivity index (χ3v) is 10.1. The van der Waals surface area contributed by atoms with Crippen LogP contribution in [0.25, 0.3) is 0 Å². The van der Waals surface area contributed by atoms with Gasteiger partial charge in [0.1, 0.15) is 11.9 Å². The minimum atomic E-state index is -2.43. The topological polar surface area (TPSA) is 90.8 Å². The van der Waals surface area contributed by atoms with Crippen molar-refractivity contribution in [3.05, 3.63) is 23.0 Å². The summed E-state index contributed by atoms with van der Waals surface area (Å²) in [6, 6.07) is 0.583. The highest BCUT2D eigenvalue weighted by Gasteiger charge is 2.52. The Kier molecular flexibility index (Phi) is 8.25. The van der Waals surface area contributed by atoms with Crippen LogP contribution in [0.1, 0.15) is 65.7 Å². The monoisotopic (exact) mass is 548 g/mol. The molecule has 2 fully saturated rings. The van der Waals surface area contributed by atoms with Gasteiger partial charge in [-0.25, -0.2) is 8.78 Å². The Morgan fingerprint density at radius 2 is 2.00 bits per heavy atom. The fourth-order valence-electron chi connectivity index (χ4n) is 8.08. The van der Waals surface area contributed by atoms with E-state index >= 15 is 0 Å². The number of hydrogen-bond donors (Lipinski definition) is 3. The Hall–Kier alpha value is -2.20. The molecule has 10 heteroatoms. The van der Waals surface area contributed by atoms with Crippen LogP contribution in [0.3, 0.4) is 0 Å². The second-order valence-corrected chi connectivity index (χ2v) is 12.6. The van der Waals surface area contributed by atoms with E-state index in [4.69, 9.17) is 5.10 Å². The molecule has 5 aliphatic rings. The molecule has 5 N–H and O–H groups in total. The van der Waals surface area contributed by atoms with Gasteiger partial charge in [0.25, 0.3) is 0 Å². The molecule has 0 aromatic rings. The summed E-state index contributed by atoms with van der Waals surface area (Å²) in [5.41, 5.74) is 6.91. The highest BCUT2D eigenvalue weighted by Crippen LogP contribution is 2.54. The lowest BCUT2D eigenvalue weighted by Gasteiger charge is -2.49. The highest BCUT2D eigenvalue weighted by atomic mass is 19.3. The lowest BCUT2D eigenvalue weighted by Crippen LogP contribution is -2.63. The smallest absolute Gasteiger partial charge is 0.242 e. The molecule has 4 heterocycles. The first-order valence-electron chi connectivity index (χ1n) is 15.0. The maximum atomic E-state index is 14.9. The van der Waals surface area contributed by atoms with Crippen molar-refractivity contribution in [1.82, 2.24) is 25.4 Å². The van der Waals surface area contributed by atoms with Crippen LogP contribution in [0, 0.1) is 17.3 Å². The van der Waals surface area contributed by atoms with E-state index in [1.807, 2.05) is 32.0 Å². The number of carbonyl (C=O) groups excluding carboxylic acids is 1. The van der Waals surface area contributed by atoms with Gasteiger partial charge in [-0.05, 0) is 70.5 Å². The van der Waals surface area contributed by atoms with Gasteiger partial charge in [0.15, 0.2) is 0 Å². The molecule has 5 atom stereocenters. The number of likely N-dealkylation sites (tertiary alicyclic amines) is 1. The first-order valence-corrected chi connectivity index (χ1v) is 15.0. The number of piperidine rings is 2. The highest BCUT2D eigenvalue weighted by molar-refractivity contribution is 5.89. The number of allylic oxidation sites excluding steroid dienone is 2. The van der Waals surface area contributed by atoms with E-state index < -0.39 is 17.8 Å². The standard InChI is InChI=1S/C29H47F2N7O/c1-18(32)24(16-33-4)29(3)15-20-6-5-12-37(26(20)14-23(29)27(30)31)28-22-17-36(19(2)39)13-9-25(22)38(35-28)21-7-10-34-11-8-21/h16,18,21-23,25,27,33-34H,5-15,17,32H2,1-4H3/p+1. The number of nitrogens with one attached hydrogen (secondary N) is 2. The fraction of sp³-hybridized carbons (Fsp3) is 0.793. The Balaban J connectivity index is 1.52. The van der Waals surface area contributed by atoms with Crippen molar-refractivity contribution in [3.63, 3.8) is 0 Å². The van der Waals surface area contributed by atoms with Gasteiger partial charge in [0.05, 0.1) is 12.0 Å². The maximum absolute atomic E-state index is 14.9. The van der Waals surface area contributed by atoms with Crippen molar-refractivity contribution in [1.29, 1.82) is 0 Å². The van der Waals surface area contributed by atoms with Crippen molar-refractivity contribution in [2.45, 2.75) is 90.3 Å². The van der Waals surface area contributed by atoms with Gasteiger partial charge in [0.2, 0.25) is 12.3 Å². The molecule has 1 amide bonds. The summed E-state index contributed by atoms with van der Waals surface area (Å²) in [5, 5.41) is 14.2. The predicted molar refractivity (Wildman–Crippen MR) is 149 cm³/mol. The third kappa shape index (κ3) is 5.19. The molecular formula is C29H48F2N7O+. The van der Waals surface area contributed by atoms with Gasteiger partial charge in [0, 0.05) is 68.5 Å². The lowest BCUT2D eigenvalue weighted by molar-refractivity contribution is -0.404. The summed E-state index contributed by atoms with van der Waals surface area (Å²) < 4.78 is 29.7. The molecule has 39 heavy (non-hydrogen) atoms. The van der Waals surface area contributed by atoms with Gasteiger partial charge < -0.3 is 26.2 Å². The molecule has 4 aliphatic heterocycles. The Morgan fingerprint density at radius 1 is 1.26 bits per heavy atom.